The van der Waals surface area contributed by atoms with E-state index < -0.39 is 11.9 Å². The number of aryl methyl sites for hydroxylation is 1. The van der Waals surface area contributed by atoms with Crippen LogP contribution in [0.15, 0.2) is 12.1 Å². The van der Waals surface area contributed by atoms with E-state index in [9.17, 15) is 9.59 Å². The number of amides is 1. The number of ether oxygens (including phenoxy) is 2. The highest BCUT2D eigenvalue weighted by atomic mass is 16.5. The number of methoxy groups -OCH3 is 2. The first-order chi connectivity index (χ1) is 8.49. The van der Waals surface area contributed by atoms with E-state index >= 15 is 0 Å². The smallest absolute Gasteiger partial charge is 0.394 e. The minimum atomic E-state index is -1.51. The summed E-state index contributed by atoms with van der Waals surface area (Å²) >= 11 is 0. The largest absolute Gasteiger partial charge is 0.493 e. The van der Waals surface area contributed by atoms with Gasteiger partial charge in [0.1, 0.15) is 0 Å². The minimum Gasteiger partial charge on any atom is -0.493 e. The number of rotatable bonds is 4. The third-order valence-corrected chi connectivity index (χ3v) is 2.48. The number of hydrogen-bond donors (Lipinski definition) is 2. The summed E-state index contributed by atoms with van der Waals surface area (Å²) < 4.78 is 10.3. The lowest BCUT2D eigenvalue weighted by Gasteiger charge is -2.12. The molecule has 0 aromatic heterocycles. The van der Waals surface area contributed by atoms with Crippen LogP contribution in [0, 0.1) is 6.92 Å². The molecule has 0 saturated carbocycles. The first-order valence-electron chi connectivity index (χ1n) is 5.22. The third kappa shape index (κ3) is 3.13. The quantitative estimate of drug-likeness (QED) is 0.772. The van der Waals surface area contributed by atoms with Crippen LogP contribution in [0.25, 0.3) is 0 Å². The van der Waals surface area contributed by atoms with Crippen LogP contribution in [-0.2, 0) is 16.1 Å². The SMILES string of the molecule is COc1cc(C)c(CNC(=O)C(=O)O)cc1OC. The molecule has 0 aliphatic rings. The molecule has 0 heterocycles. The van der Waals surface area contributed by atoms with E-state index in [-0.39, 0.29) is 6.54 Å². The molecule has 0 saturated heterocycles. The Kier molecular flexibility index (Phi) is 4.53. The van der Waals surface area contributed by atoms with Gasteiger partial charge in [-0.25, -0.2) is 4.79 Å². The molecule has 6 nitrogen and oxygen atoms in total. The fourth-order valence-corrected chi connectivity index (χ4v) is 1.46. The van der Waals surface area contributed by atoms with Gasteiger partial charge in [0.2, 0.25) is 0 Å². The highest BCUT2D eigenvalue weighted by Crippen LogP contribution is 2.30. The molecule has 1 amide bonds. The van der Waals surface area contributed by atoms with Gasteiger partial charge in [0, 0.05) is 6.54 Å². The normalized spacial score (nSPS) is 9.72. The Bertz CT molecular complexity index is 470. The van der Waals surface area contributed by atoms with Gasteiger partial charge in [0.05, 0.1) is 14.2 Å². The summed E-state index contributed by atoms with van der Waals surface area (Å²) in [6.45, 7) is 1.96. The van der Waals surface area contributed by atoms with Crippen molar-refractivity contribution in [3.8, 4) is 11.5 Å². The van der Waals surface area contributed by atoms with Gasteiger partial charge >= 0.3 is 11.9 Å². The van der Waals surface area contributed by atoms with Crippen molar-refractivity contribution in [1.82, 2.24) is 5.32 Å². The highest BCUT2D eigenvalue weighted by molar-refractivity contribution is 6.31. The number of benzene rings is 1. The molecule has 18 heavy (non-hydrogen) atoms. The molecule has 0 aliphatic carbocycles. The lowest BCUT2D eigenvalue weighted by molar-refractivity contribution is -0.150. The molecule has 0 unspecified atom stereocenters. The Morgan fingerprint density at radius 2 is 1.78 bits per heavy atom. The average molecular weight is 253 g/mol. The van der Waals surface area contributed by atoms with Crippen LogP contribution in [0.5, 0.6) is 11.5 Å². The molecule has 1 rings (SSSR count). The van der Waals surface area contributed by atoms with Gasteiger partial charge in [-0.3, -0.25) is 4.79 Å². The molecule has 2 N–H and O–H groups in total. The average Bonchev–Trinajstić information content (AvgIpc) is 2.36. The van der Waals surface area contributed by atoms with Crippen molar-refractivity contribution in [2.24, 2.45) is 0 Å². The number of nitrogens with one attached hydrogen (secondary N) is 1. The Labute approximate surface area is 105 Å². The summed E-state index contributed by atoms with van der Waals surface area (Å²) in [4.78, 5) is 21.3. The fourth-order valence-electron chi connectivity index (χ4n) is 1.46. The lowest BCUT2D eigenvalue weighted by atomic mass is 10.1. The maximum atomic E-state index is 10.9. The molecule has 0 bridgehead atoms. The van der Waals surface area contributed by atoms with Gasteiger partial charge in [0.15, 0.2) is 11.5 Å². The monoisotopic (exact) mass is 253 g/mol. The van der Waals surface area contributed by atoms with Crippen LogP contribution in [0.2, 0.25) is 0 Å². The standard InChI is InChI=1S/C12H15NO5/c1-7-4-9(17-2)10(18-3)5-8(7)6-13-11(14)12(15)16/h4-5H,6H2,1-3H3,(H,13,14)(H,15,16). The van der Waals surface area contributed by atoms with Crippen molar-refractivity contribution in [3.63, 3.8) is 0 Å². The number of carbonyl (C=O) groups is 2. The van der Waals surface area contributed by atoms with Crippen molar-refractivity contribution in [2.75, 3.05) is 14.2 Å². The Balaban J connectivity index is 2.89. The van der Waals surface area contributed by atoms with E-state index in [1.54, 1.807) is 12.1 Å². The zero-order chi connectivity index (χ0) is 13.7. The molecule has 0 aliphatic heterocycles. The Morgan fingerprint density at radius 3 is 2.28 bits per heavy atom. The highest BCUT2D eigenvalue weighted by Gasteiger charge is 2.13. The predicted molar refractivity (Wildman–Crippen MR) is 63.8 cm³/mol. The van der Waals surface area contributed by atoms with E-state index in [2.05, 4.69) is 5.32 Å². The third-order valence-electron chi connectivity index (χ3n) is 2.48. The molecule has 0 fully saturated rings. The molecule has 0 spiro atoms. The molecule has 1 aromatic carbocycles. The maximum Gasteiger partial charge on any atom is 0.394 e. The summed E-state index contributed by atoms with van der Waals surface area (Å²) in [5.74, 6) is -1.43. The van der Waals surface area contributed by atoms with E-state index in [4.69, 9.17) is 14.6 Å². The maximum absolute atomic E-state index is 10.9. The number of carboxylic acid groups (broad SMARTS) is 1. The number of carbonyl (C=O) groups excluding carboxylic acids is 1. The van der Waals surface area contributed by atoms with Crippen molar-refractivity contribution in [1.29, 1.82) is 0 Å². The van der Waals surface area contributed by atoms with Crippen LogP contribution in [0.3, 0.4) is 0 Å². The zero-order valence-corrected chi connectivity index (χ0v) is 10.4. The lowest BCUT2D eigenvalue weighted by Crippen LogP contribution is -2.30. The molecule has 1 aromatic rings. The molecule has 6 heteroatoms. The van der Waals surface area contributed by atoms with Crippen LogP contribution in [-0.4, -0.2) is 31.2 Å². The second-order valence-electron chi connectivity index (χ2n) is 3.62. The minimum absolute atomic E-state index is 0.122. The van der Waals surface area contributed by atoms with Crippen molar-refractivity contribution < 1.29 is 24.2 Å². The molecule has 98 valence electrons. The molecular formula is C12H15NO5. The fraction of sp³-hybridized carbons (Fsp3) is 0.333. The van der Waals surface area contributed by atoms with Crippen LogP contribution in [0.1, 0.15) is 11.1 Å². The summed E-state index contributed by atoms with van der Waals surface area (Å²) in [6.07, 6.45) is 0. The number of hydrogen-bond acceptors (Lipinski definition) is 4. The first kappa shape index (κ1) is 13.8. The summed E-state index contributed by atoms with van der Waals surface area (Å²) in [7, 11) is 3.04. The van der Waals surface area contributed by atoms with Gasteiger partial charge in [-0.1, -0.05) is 0 Å². The first-order valence-corrected chi connectivity index (χ1v) is 5.22. The van der Waals surface area contributed by atoms with Crippen molar-refractivity contribution >= 4 is 11.9 Å². The Hall–Kier alpha value is -2.24. The summed E-state index contributed by atoms with van der Waals surface area (Å²) in [5.41, 5.74) is 1.64. The van der Waals surface area contributed by atoms with Gasteiger partial charge in [0.25, 0.3) is 0 Å². The molecule has 0 atom stereocenters. The molecule has 0 radical (unpaired) electrons. The van der Waals surface area contributed by atoms with Crippen LogP contribution < -0.4 is 14.8 Å². The molecular weight excluding hydrogens is 238 g/mol. The van der Waals surface area contributed by atoms with Gasteiger partial charge < -0.3 is 19.9 Å². The van der Waals surface area contributed by atoms with Gasteiger partial charge in [-0.15, -0.1) is 0 Å². The Morgan fingerprint density at radius 1 is 1.22 bits per heavy atom. The van der Waals surface area contributed by atoms with E-state index in [0.29, 0.717) is 11.5 Å². The van der Waals surface area contributed by atoms with Crippen LogP contribution in [0.4, 0.5) is 0 Å². The van der Waals surface area contributed by atoms with E-state index in [1.165, 1.54) is 14.2 Å². The number of carboxylic acids is 1. The van der Waals surface area contributed by atoms with Crippen LogP contribution >= 0.6 is 0 Å². The van der Waals surface area contributed by atoms with Crippen molar-refractivity contribution in [2.45, 2.75) is 13.5 Å². The zero-order valence-electron chi connectivity index (χ0n) is 10.4. The van der Waals surface area contributed by atoms with Gasteiger partial charge in [-0.05, 0) is 30.2 Å². The second-order valence-corrected chi connectivity index (χ2v) is 3.62. The van der Waals surface area contributed by atoms with E-state index in [0.717, 1.165) is 11.1 Å². The second kappa shape index (κ2) is 5.90. The van der Waals surface area contributed by atoms with E-state index in [1.807, 2.05) is 6.92 Å². The summed E-state index contributed by atoms with van der Waals surface area (Å²) in [5, 5.41) is 10.7. The topological polar surface area (TPSA) is 84.9 Å². The summed E-state index contributed by atoms with van der Waals surface area (Å²) in [6, 6.07) is 3.47. The number of aliphatic carboxylic acids is 1. The predicted octanol–water partition coefficient (Wildman–Crippen LogP) is 0.713. The van der Waals surface area contributed by atoms with Crippen molar-refractivity contribution in [3.05, 3.63) is 23.3 Å². The van der Waals surface area contributed by atoms with Gasteiger partial charge in [-0.2, -0.15) is 0 Å².